The fourth-order valence-electron chi connectivity index (χ4n) is 1.71. The average molecular weight is 223 g/mol. The summed E-state index contributed by atoms with van der Waals surface area (Å²) in [6.45, 7) is 4.47. The van der Waals surface area contributed by atoms with E-state index in [2.05, 4.69) is 31.3 Å². The van der Waals surface area contributed by atoms with Gasteiger partial charge in [0, 0.05) is 11.3 Å². The zero-order valence-corrected chi connectivity index (χ0v) is 10.2. The van der Waals surface area contributed by atoms with Crippen molar-refractivity contribution >= 4 is 11.8 Å². The van der Waals surface area contributed by atoms with Gasteiger partial charge < -0.3 is 4.74 Å². The van der Waals surface area contributed by atoms with Crippen LogP contribution in [0.4, 0.5) is 0 Å². The third-order valence-electron chi connectivity index (χ3n) is 2.53. The highest BCUT2D eigenvalue weighted by atomic mass is 32.2. The van der Waals surface area contributed by atoms with Crippen LogP contribution in [0.3, 0.4) is 0 Å². The van der Waals surface area contributed by atoms with Crippen LogP contribution in [0.5, 0.6) is 5.75 Å². The molecule has 15 heavy (non-hydrogen) atoms. The first-order valence-corrected chi connectivity index (χ1v) is 6.19. The lowest BCUT2D eigenvalue weighted by atomic mass is 10.1. The number of benzene rings is 1. The summed E-state index contributed by atoms with van der Waals surface area (Å²) >= 11 is 1.95. The van der Waals surface area contributed by atoms with E-state index >= 15 is 0 Å². The van der Waals surface area contributed by atoms with Crippen molar-refractivity contribution in [2.45, 2.75) is 24.8 Å². The minimum Gasteiger partial charge on any atom is -0.497 e. The summed E-state index contributed by atoms with van der Waals surface area (Å²) in [4.78, 5) is 0. The summed E-state index contributed by atoms with van der Waals surface area (Å²) in [6, 6.07) is 8.27. The molecule has 1 fully saturated rings. The molecule has 0 spiro atoms. The Labute approximate surface area is 95.4 Å². The second-order valence-electron chi connectivity index (χ2n) is 4.50. The molecule has 1 unspecified atom stereocenters. The van der Waals surface area contributed by atoms with Gasteiger partial charge in [0.1, 0.15) is 5.75 Å². The Morgan fingerprint density at radius 2 is 2.27 bits per heavy atom. The van der Waals surface area contributed by atoms with Crippen molar-refractivity contribution in [3.05, 3.63) is 29.8 Å². The standard InChI is InChI=1S/C12H17NOS/c1-12(2)8-15-11(13-12)9-5-4-6-10(7-9)14-3/h4-7,11,13H,8H2,1-3H3. The van der Waals surface area contributed by atoms with Crippen LogP contribution in [0.25, 0.3) is 0 Å². The molecule has 1 saturated heterocycles. The molecule has 1 atom stereocenters. The summed E-state index contributed by atoms with van der Waals surface area (Å²) in [7, 11) is 1.71. The van der Waals surface area contributed by atoms with Gasteiger partial charge in [-0.25, -0.2) is 0 Å². The van der Waals surface area contributed by atoms with E-state index in [1.165, 1.54) is 5.56 Å². The summed E-state index contributed by atoms with van der Waals surface area (Å²) in [6.07, 6.45) is 0. The summed E-state index contributed by atoms with van der Waals surface area (Å²) in [5.74, 6) is 2.08. The maximum Gasteiger partial charge on any atom is 0.119 e. The van der Waals surface area contributed by atoms with Crippen LogP contribution in [0.1, 0.15) is 24.8 Å². The first kappa shape index (κ1) is 10.8. The van der Waals surface area contributed by atoms with Crippen LogP contribution in [0.15, 0.2) is 24.3 Å². The van der Waals surface area contributed by atoms with Crippen LogP contribution < -0.4 is 10.1 Å². The summed E-state index contributed by atoms with van der Waals surface area (Å²) < 4.78 is 5.23. The minimum atomic E-state index is 0.235. The van der Waals surface area contributed by atoms with Crippen molar-refractivity contribution in [3.8, 4) is 5.75 Å². The van der Waals surface area contributed by atoms with E-state index in [9.17, 15) is 0 Å². The van der Waals surface area contributed by atoms with E-state index < -0.39 is 0 Å². The van der Waals surface area contributed by atoms with Gasteiger partial charge in [-0.15, -0.1) is 11.8 Å². The molecule has 1 aliphatic heterocycles. The van der Waals surface area contributed by atoms with E-state index in [4.69, 9.17) is 4.74 Å². The molecular formula is C12H17NOS. The Hall–Kier alpha value is -0.670. The maximum atomic E-state index is 5.23. The van der Waals surface area contributed by atoms with E-state index in [-0.39, 0.29) is 5.54 Å². The quantitative estimate of drug-likeness (QED) is 0.833. The SMILES string of the molecule is COc1cccc(C2NC(C)(C)CS2)c1. The van der Waals surface area contributed by atoms with Crippen LogP contribution in [0.2, 0.25) is 0 Å². The molecule has 0 saturated carbocycles. The molecule has 3 heteroatoms. The smallest absolute Gasteiger partial charge is 0.119 e. The number of rotatable bonds is 2. The molecule has 0 aromatic heterocycles. The second-order valence-corrected chi connectivity index (χ2v) is 5.59. The highest BCUT2D eigenvalue weighted by molar-refractivity contribution is 7.99. The van der Waals surface area contributed by atoms with Crippen molar-refractivity contribution in [1.82, 2.24) is 5.32 Å². The van der Waals surface area contributed by atoms with Crippen LogP contribution >= 0.6 is 11.8 Å². The number of nitrogens with one attached hydrogen (secondary N) is 1. The third-order valence-corrected chi connectivity index (χ3v) is 4.14. The molecule has 0 radical (unpaired) electrons. The number of ether oxygens (including phenoxy) is 1. The monoisotopic (exact) mass is 223 g/mol. The molecule has 82 valence electrons. The molecule has 1 aliphatic rings. The van der Waals surface area contributed by atoms with E-state index in [0.717, 1.165) is 11.5 Å². The molecule has 1 aromatic carbocycles. The third kappa shape index (κ3) is 2.47. The van der Waals surface area contributed by atoms with Gasteiger partial charge in [0.15, 0.2) is 0 Å². The van der Waals surface area contributed by atoms with Crippen molar-refractivity contribution in [3.63, 3.8) is 0 Å². The van der Waals surface area contributed by atoms with Crippen molar-refractivity contribution in [2.75, 3.05) is 12.9 Å². The number of methoxy groups -OCH3 is 1. The van der Waals surface area contributed by atoms with Crippen LogP contribution in [-0.4, -0.2) is 18.4 Å². The van der Waals surface area contributed by atoms with Gasteiger partial charge in [-0.2, -0.15) is 0 Å². The number of hydrogen-bond donors (Lipinski definition) is 1. The van der Waals surface area contributed by atoms with Gasteiger partial charge in [-0.1, -0.05) is 12.1 Å². The highest BCUT2D eigenvalue weighted by Gasteiger charge is 2.31. The summed E-state index contributed by atoms with van der Waals surface area (Å²) in [5, 5.41) is 4.00. The topological polar surface area (TPSA) is 21.3 Å². The van der Waals surface area contributed by atoms with Crippen molar-refractivity contribution < 1.29 is 4.74 Å². The predicted octanol–water partition coefficient (Wildman–Crippen LogP) is 2.81. The largest absolute Gasteiger partial charge is 0.497 e. The number of thioether (sulfide) groups is 1. The fraction of sp³-hybridized carbons (Fsp3) is 0.500. The lowest BCUT2D eigenvalue weighted by Crippen LogP contribution is -2.35. The van der Waals surface area contributed by atoms with Gasteiger partial charge >= 0.3 is 0 Å². The van der Waals surface area contributed by atoms with Gasteiger partial charge in [0.25, 0.3) is 0 Å². The highest BCUT2D eigenvalue weighted by Crippen LogP contribution is 2.37. The second kappa shape index (κ2) is 4.06. The zero-order valence-electron chi connectivity index (χ0n) is 9.41. The Kier molecular flexibility index (Phi) is 2.94. The first-order valence-electron chi connectivity index (χ1n) is 5.14. The lowest BCUT2D eigenvalue weighted by molar-refractivity contribution is 0.412. The molecule has 0 bridgehead atoms. The number of hydrogen-bond acceptors (Lipinski definition) is 3. The molecule has 1 N–H and O–H groups in total. The van der Waals surface area contributed by atoms with Gasteiger partial charge in [-0.3, -0.25) is 5.32 Å². The molecule has 2 rings (SSSR count). The minimum absolute atomic E-state index is 0.235. The Balaban J connectivity index is 2.16. The average Bonchev–Trinajstić information content (AvgIpc) is 2.59. The maximum absolute atomic E-state index is 5.23. The van der Waals surface area contributed by atoms with Gasteiger partial charge in [0.2, 0.25) is 0 Å². The molecular weight excluding hydrogens is 206 g/mol. The Bertz CT molecular complexity index is 351. The summed E-state index contributed by atoms with van der Waals surface area (Å²) in [5.41, 5.74) is 1.53. The lowest BCUT2D eigenvalue weighted by Gasteiger charge is -2.19. The molecule has 2 nitrogen and oxygen atoms in total. The van der Waals surface area contributed by atoms with Crippen molar-refractivity contribution in [1.29, 1.82) is 0 Å². The zero-order chi connectivity index (χ0) is 10.9. The van der Waals surface area contributed by atoms with Crippen molar-refractivity contribution in [2.24, 2.45) is 0 Å². The molecule has 0 amide bonds. The molecule has 0 aliphatic carbocycles. The van der Waals surface area contributed by atoms with Crippen LogP contribution in [-0.2, 0) is 0 Å². The normalized spacial score (nSPS) is 24.1. The molecule has 1 heterocycles. The molecule has 1 aromatic rings. The van der Waals surface area contributed by atoms with E-state index in [1.807, 2.05) is 23.9 Å². The van der Waals surface area contributed by atoms with Gasteiger partial charge in [0.05, 0.1) is 12.5 Å². The predicted molar refractivity (Wildman–Crippen MR) is 65.4 cm³/mol. The Morgan fingerprint density at radius 1 is 1.47 bits per heavy atom. The van der Waals surface area contributed by atoms with E-state index in [0.29, 0.717) is 5.37 Å². The van der Waals surface area contributed by atoms with Gasteiger partial charge in [-0.05, 0) is 31.5 Å². The van der Waals surface area contributed by atoms with Crippen LogP contribution in [0, 0.1) is 0 Å². The Morgan fingerprint density at radius 3 is 2.87 bits per heavy atom. The first-order chi connectivity index (χ1) is 7.11. The fourth-order valence-corrected chi connectivity index (χ4v) is 3.12. The van der Waals surface area contributed by atoms with E-state index in [1.54, 1.807) is 7.11 Å².